The van der Waals surface area contributed by atoms with E-state index in [9.17, 15) is 9.59 Å². The molecule has 0 radical (unpaired) electrons. The number of rotatable bonds is 6. The summed E-state index contributed by atoms with van der Waals surface area (Å²) in [5.74, 6) is -0.637. The molecule has 0 aliphatic heterocycles. The molecule has 0 unspecified atom stereocenters. The van der Waals surface area contributed by atoms with Crippen LogP contribution in [0.2, 0.25) is 10.0 Å². The van der Waals surface area contributed by atoms with Gasteiger partial charge in [-0.25, -0.2) is 5.43 Å². The van der Waals surface area contributed by atoms with Gasteiger partial charge in [0.1, 0.15) is 0 Å². The first kappa shape index (κ1) is 21.5. The first-order valence-electron chi connectivity index (χ1n) is 8.14. The van der Waals surface area contributed by atoms with Crippen molar-refractivity contribution in [3.05, 3.63) is 57.6 Å². The summed E-state index contributed by atoms with van der Waals surface area (Å²) in [5, 5.41) is 7.30. The van der Waals surface area contributed by atoms with Gasteiger partial charge in [-0.2, -0.15) is 5.10 Å². The fourth-order valence-corrected chi connectivity index (χ4v) is 2.71. The van der Waals surface area contributed by atoms with E-state index >= 15 is 0 Å². The van der Waals surface area contributed by atoms with E-state index in [-0.39, 0.29) is 6.54 Å². The van der Waals surface area contributed by atoms with Crippen molar-refractivity contribution in [1.29, 1.82) is 0 Å². The van der Waals surface area contributed by atoms with Gasteiger partial charge in [-0.05, 0) is 42.8 Å². The third kappa shape index (κ3) is 5.61. The van der Waals surface area contributed by atoms with Gasteiger partial charge in [0.2, 0.25) is 0 Å². The van der Waals surface area contributed by atoms with Gasteiger partial charge >= 0.3 is 11.8 Å². The number of hydrogen-bond acceptors (Lipinski definition) is 5. The van der Waals surface area contributed by atoms with Crippen LogP contribution in [0.15, 0.2) is 41.5 Å². The van der Waals surface area contributed by atoms with Gasteiger partial charge in [-0.3, -0.25) is 9.59 Å². The maximum absolute atomic E-state index is 11.9. The number of hydrogen-bond donors (Lipinski definition) is 2. The van der Waals surface area contributed by atoms with E-state index in [0.29, 0.717) is 38.4 Å². The Balaban J connectivity index is 1.96. The Morgan fingerprint density at radius 1 is 1.00 bits per heavy atom. The molecule has 2 N–H and O–H groups in total. The third-order valence-electron chi connectivity index (χ3n) is 3.79. The highest BCUT2D eigenvalue weighted by atomic mass is 35.5. The molecule has 0 aromatic heterocycles. The number of amides is 2. The van der Waals surface area contributed by atoms with Crippen LogP contribution in [0, 0.1) is 0 Å². The van der Waals surface area contributed by atoms with Crippen molar-refractivity contribution in [1.82, 2.24) is 10.7 Å². The minimum Gasteiger partial charge on any atom is -0.493 e. The lowest BCUT2D eigenvalue weighted by molar-refractivity contribution is -0.139. The number of hydrazone groups is 1. The Hall–Kier alpha value is -2.77. The number of carbonyl (C=O) groups is 2. The summed E-state index contributed by atoms with van der Waals surface area (Å²) in [6, 6.07) is 10.1. The zero-order valence-electron chi connectivity index (χ0n) is 15.5. The molecule has 2 amide bonds. The second-order valence-corrected chi connectivity index (χ2v) is 6.47. The number of benzene rings is 2. The first-order chi connectivity index (χ1) is 13.3. The van der Waals surface area contributed by atoms with Crippen LogP contribution in [-0.4, -0.2) is 31.7 Å². The van der Waals surface area contributed by atoms with E-state index in [1.165, 1.54) is 14.2 Å². The number of ether oxygens (including phenoxy) is 2. The van der Waals surface area contributed by atoms with Crippen LogP contribution in [0.3, 0.4) is 0 Å². The molecule has 0 spiro atoms. The molecule has 0 saturated heterocycles. The average Bonchev–Trinajstić information content (AvgIpc) is 2.70. The van der Waals surface area contributed by atoms with E-state index in [1.54, 1.807) is 43.3 Å². The lowest BCUT2D eigenvalue weighted by atomic mass is 10.1. The third-order valence-corrected chi connectivity index (χ3v) is 4.37. The van der Waals surface area contributed by atoms with Crippen molar-refractivity contribution < 1.29 is 19.1 Å². The Kier molecular flexibility index (Phi) is 7.66. The lowest BCUT2D eigenvalue weighted by Gasteiger charge is -2.09. The monoisotopic (exact) mass is 423 g/mol. The van der Waals surface area contributed by atoms with Crippen molar-refractivity contribution in [2.45, 2.75) is 13.5 Å². The number of halogens is 2. The highest BCUT2D eigenvalue weighted by Crippen LogP contribution is 2.27. The summed E-state index contributed by atoms with van der Waals surface area (Å²) in [4.78, 5) is 23.9. The topological polar surface area (TPSA) is 89.0 Å². The van der Waals surface area contributed by atoms with Crippen molar-refractivity contribution in [3.63, 3.8) is 0 Å². The maximum Gasteiger partial charge on any atom is 0.329 e. The second kappa shape index (κ2) is 9.96. The quantitative estimate of drug-likeness (QED) is 0.424. The summed E-state index contributed by atoms with van der Waals surface area (Å²) >= 11 is 11.9. The van der Waals surface area contributed by atoms with Crippen LogP contribution in [-0.2, 0) is 16.1 Å². The second-order valence-electron chi connectivity index (χ2n) is 5.63. The largest absolute Gasteiger partial charge is 0.493 e. The van der Waals surface area contributed by atoms with Gasteiger partial charge in [0.05, 0.1) is 19.9 Å². The number of nitrogens with one attached hydrogen (secondary N) is 2. The van der Waals surface area contributed by atoms with Crippen molar-refractivity contribution >= 4 is 40.7 Å². The summed E-state index contributed by atoms with van der Waals surface area (Å²) in [7, 11) is 3.06. The van der Waals surface area contributed by atoms with Crippen LogP contribution in [0.1, 0.15) is 18.1 Å². The van der Waals surface area contributed by atoms with Gasteiger partial charge in [-0.1, -0.05) is 29.3 Å². The molecule has 28 heavy (non-hydrogen) atoms. The summed E-state index contributed by atoms with van der Waals surface area (Å²) in [6.07, 6.45) is 0. The lowest BCUT2D eigenvalue weighted by Crippen LogP contribution is -2.37. The van der Waals surface area contributed by atoms with Gasteiger partial charge in [0.15, 0.2) is 11.5 Å². The maximum atomic E-state index is 11.9. The zero-order chi connectivity index (χ0) is 20.7. The molecule has 0 atom stereocenters. The SMILES string of the molecule is COc1ccc(/C(C)=N\NC(=O)C(=O)NCc2ccc(Cl)cc2Cl)cc1OC. The average molecular weight is 424 g/mol. The van der Waals surface area contributed by atoms with Crippen molar-refractivity contribution in [3.8, 4) is 11.5 Å². The molecule has 0 bridgehead atoms. The predicted molar refractivity (Wildman–Crippen MR) is 108 cm³/mol. The Morgan fingerprint density at radius 3 is 2.36 bits per heavy atom. The molecular formula is C19H19Cl2N3O4. The van der Waals surface area contributed by atoms with Crippen LogP contribution < -0.4 is 20.2 Å². The molecule has 0 aliphatic carbocycles. The Bertz CT molecular complexity index is 916. The van der Waals surface area contributed by atoms with Gasteiger partial charge in [0, 0.05) is 22.2 Å². The van der Waals surface area contributed by atoms with E-state index in [0.717, 1.165) is 0 Å². The molecule has 9 heteroatoms. The van der Waals surface area contributed by atoms with Gasteiger partial charge in [-0.15, -0.1) is 0 Å². The summed E-state index contributed by atoms with van der Waals surface area (Å²) < 4.78 is 10.4. The molecule has 0 fully saturated rings. The summed E-state index contributed by atoms with van der Waals surface area (Å²) in [5.41, 5.74) is 4.04. The molecule has 2 aromatic rings. The number of carbonyl (C=O) groups excluding carboxylic acids is 2. The molecule has 0 saturated carbocycles. The molecule has 0 heterocycles. The smallest absolute Gasteiger partial charge is 0.329 e. The molecule has 148 valence electrons. The zero-order valence-corrected chi connectivity index (χ0v) is 17.0. The van der Waals surface area contributed by atoms with Crippen LogP contribution in [0.25, 0.3) is 0 Å². The molecule has 2 aromatic carbocycles. The van der Waals surface area contributed by atoms with Crippen LogP contribution in [0.4, 0.5) is 0 Å². The van der Waals surface area contributed by atoms with Gasteiger partial charge in [0.25, 0.3) is 0 Å². The Labute approximate surface area is 172 Å². The fourth-order valence-electron chi connectivity index (χ4n) is 2.23. The van der Waals surface area contributed by atoms with Crippen molar-refractivity contribution in [2.24, 2.45) is 5.10 Å². The standard InChI is InChI=1S/C19H19Cl2N3O4/c1-11(12-5-7-16(27-2)17(8-12)28-3)23-24-19(26)18(25)22-10-13-4-6-14(20)9-15(13)21/h4-9H,10H2,1-3H3,(H,22,25)(H,24,26)/b23-11-. The fraction of sp³-hybridized carbons (Fsp3) is 0.211. The number of methoxy groups -OCH3 is 2. The predicted octanol–water partition coefficient (Wildman–Crippen LogP) is 3.17. The highest BCUT2D eigenvalue weighted by Gasteiger charge is 2.14. The molecule has 2 rings (SSSR count). The van der Waals surface area contributed by atoms with Crippen LogP contribution in [0.5, 0.6) is 11.5 Å². The minimum absolute atomic E-state index is 0.0840. The van der Waals surface area contributed by atoms with E-state index in [1.807, 2.05) is 0 Å². The molecular weight excluding hydrogens is 405 g/mol. The first-order valence-corrected chi connectivity index (χ1v) is 8.90. The minimum atomic E-state index is -0.898. The Morgan fingerprint density at radius 2 is 1.71 bits per heavy atom. The van der Waals surface area contributed by atoms with Crippen LogP contribution >= 0.6 is 23.2 Å². The molecule has 7 nitrogen and oxygen atoms in total. The molecule has 0 aliphatic rings. The number of nitrogens with zero attached hydrogens (tertiary/aromatic N) is 1. The van der Waals surface area contributed by atoms with Crippen molar-refractivity contribution in [2.75, 3.05) is 14.2 Å². The van der Waals surface area contributed by atoms with E-state index in [2.05, 4.69) is 15.8 Å². The van der Waals surface area contributed by atoms with E-state index < -0.39 is 11.8 Å². The highest BCUT2D eigenvalue weighted by molar-refractivity contribution is 6.36. The van der Waals surface area contributed by atoms with E-state index in [4.69, 9.17) is 32.7 Å². The summed E-state index contributed by atoms with van der Waals surface area (Å²) in [6.45, 7) is 1.77. The van der Waals surface area contributed by atoms with Gasteiger partial charge < -0.3 is 14.8 Å². The normalized spacial score (nSPS) is 11.0.